The third-order valence-corrected chi connectivity index (χ3v) is 7.32. The first kappa shape index (κ1) is 30.9. The van der Waals surface area contributed by atoms with E-state index in [1.54, 1.807) is 0 Å². The molecule has 0 aliphatic carbocycles. The molecule has 3 aromatic carbocycles. The van der Waals surface area contributed by atoms with E-state index >= 15 is 4.39 Å². The SMILES string of the molecule is [N-]=[N+]=N[C@@H]1[C@H](n2ccc(=O)n(COCc3ccccc3)c2=O)O[C@](CF)(COCc2ccccc2)[C@H]1OCc1ccccc1. The highest BCUT2D eigenvalue weighted by Gasteiger charge is 2.57. The summed E-state index contributed by atoms with van der Waals surface area (Å²) in [6, 6.07) is 27.8. The topological polar surface area (TPSA) is 130 Å². The van der Waals surface area contributed by atoms with Gasteiger partial charge in [0.15, 0.2) is 0 Å². The van der Waals surface area contributed by atoms with E-state index in [9.17, 15) is 15.1 Å². The number of aromatic nitrogens is 2. The van der Waals surface area contributed by atoms with Crippen LogP contribution in [0.15, 0.2) is 118 Å². The summed E-state index contributed by atoms with van der Waals surface area (Å²) in [5, 5.41) is 3.91. The highest BCUT2D eigenvalue weighted by molar-refractivity contribution is 5.16. The number of alkyl halides is 1. The minimum Gasteiger partial charge on any atom is -0.374 e. The van der Waals surface area contributed by atoms with Crippen LogP contribution in [-0.4, -0.2) is 40.2 Å². The van der Waals surface area contributed by atoms with Crippen LogP contribution in [0.1, 0.15) is 22.9 Å². The molecule has 0 N–H and O–H groups in total. The molecule has 1 aliphatic heterocycles. The van der Waals surface area contributed by atoms with Gasteiger partial charge in [-0.15, -0.1) is 0 Å². The number of benzene rings is 3. The lowest BCUT2D eigenvalue weighted by Crippen LogP contribution is -2.50. The van der Waals surface area contributed by atoms with Gasteiger partial charge in [0, 0.05) is 17.2 Å². The predicted octanol–water partition coefficient (Wildman–Crippen LogP) is 4.90. The summed E-state index contributed by atoms with van der Waals surface area (Å²) >= 11 is 0. The molecule has 5 rings (SSSR count). The van der Waals surface area contributed by atoms with Gasteiger partial charge >= 0.3 is 5.69 Å². The summed E-state index contributed by atoms with van der Waals surface area (Å²) in [5.74, 6) is 0. The number of azide groups is 1. The van der Waals surface area contributed by atoms with Crippen molar-refractivity contribution in [3.8, 4) is 0 Å². The Bertz CT molecular complexity index is 1660. The Morgan fingerprint density at radius 3 is 1.98 bits per heavy atom. The van der Waals surface area contributed by atoms with Crippen molar-refractivity contribution in [1.29, 1.82) is 0 Å². The minimum atomic E-state index is -1.74. The van der Waals surface area contributed by atoms with Crippen LogP contribution >= 0.6 is 0 Å². The van der Waals surface area contributed by atoms with Crippen LogP contribution < -0.4 is 11.2 Å². The smallest absolute Gasteiger partial charge is 0.335 e. The van der Waals surface area contributed by atoms with Crippen LogP contribution in [0.2, 0.25) is 0 Å². The quantitative estimate of drug-likeness (QED) is 0.115. The second-order valence-electron chi connectivity index (χ2n) is 10.3. The normalized spacial score (nSPS) is 21.2. The van der Waals surface area contributed by atoms with Crippen molar-refractivity contribution in [2.75, 3.05) is 13.3 Å². The third-order valence-electron chi connectivity index (χ3n) is 7.32. The maximum Gasteiger partial charge on any atom is 0.335 e. The summed E-state index contributed by atoms with van der Waals surface area (Å²) in [6.45, 7) is -1.28. The Kier molecular flexibility index (Phi) is 10.3. The van der Waals surface area contributed by atoms with E-state index in [0.29, 0.717) is 0 Å². The molecular weight excluding hydrogens is 569 g/mol. The lowest BCUT2D eigenvalue weighted by Gasteiger charge is -2.32. The molecule has 1 saturated heterocycles. The zero-order chi connectivity index (χ0) is 30.8. The minimum absolute atomic E-state index is 0.0567. The Hall–Kier alpha value is -4.58. The zero-order valence-electron chi connectivity index (χ0n) is 23.9. The molecule has 2 heterocycles. The fourth-order valence-corrected chi connectivity index (χ4v) is 5.10. The van der Waals surface area contributed by atoms with E-state index in [-0.39, 0.29) is 33.2 Å². The molecule has 1 fully saturated rings. The van der Waals surface area contributed by atoms with Crippen LogP contribution in [0.25, 0.3) is 10.4 Å². The Morgan fingerprint density at radius 1 is 0.841 bits per heavy atom. The van der Waals surface area contributed by atoms with E-state index in [1.807, 2.05) is 91.0 Å². The van der Waals surface area contributed by atoms with Crippen LogP contribution in [0, 0.1) is 0 Å². The maximum absolute atomic E-state index is 15.1. The molecule has 0 amide bonds. The molecular formula is C32H32FN5O6. The third kappa shape index (κ3) is 7.13. The Balaban J connectivity index is 1.45. The predicted molar refractivity (Wildman–Crippen MR) is 159 cm³/mol. The average molecular weight is 602 g/mol. The number of hydrogen-bond donors (Lipinski definition) is 0. The molecule has 0 bridgehead atoms. The summed E-state index contributed by atoms with van der Waals surface area (Å²) in [5.41, 5.74) is 8.92. The lowest BCUT2D eigenvalue weighted by atomic mass is 9.95. The number of halogens is 1. The van der Waals surface area contributed by atoms with Crippen LogP contribution in [0.4, 0.5) is 4.39 Å². The number of ether oxygens (including phenoxy) is 4. The van der Waals surface area contributed by atoms with E-state index in [0.717, 1.165) is 25.8 Å². The number of hydrogen-bond acceptors (Lipinski definition) is 7. The van der Waals surface area contributed by atoms with Gasteiger partial charge in [-0.1, -0.05) is 96.1 Å². The van der Waals surface area contributed by atoms with Crippen molar-refractivity contribution in [2.45, 2.75) is 50.5 Å². The largest absolute Gasteiger partial charge is 0.374 e. The summed E-state index contributed by atoms with van der Waals surface area (Å²) < 4.78 is 41.2. The molecule has 1 aromatic heterocycles. The first-order valence-electron chi connectivity index (χ1n) is 14.0. The van der Waals surface area contributed by atoms with Crippen molar-refractivity contribution in [3.63, 3.8) is 0 Å². The molecule has 0 radical (unpaired) electrons. The van der Waals surface area contributed by atoms with Crippen LogP contribution in [-0.2, 0) is 45.5 Å². The molecule has 0 spiro atoms. The van der Waals surface area contributed by atoms with Crippen molar-refractivity contribution in [1.82, 2.24) is 9.13 Å². The Morgan fingerprint density at radius 2 is 1.41 bits per heavy atom. The van der Waals surface area contributed by atoms with E-state index < -0.39 is 41.9 Å². The molecule has 0 saturated carbocycles. The Labute approximate surface area is 252 Å². The van der Waals surface area contributed by atoms with Gasteiger partial charge in [-0.25, -0.2) is 13.8 Å². The van der Waals surface area contributed by atoms with Gasteiger partial charge in [0.05, 0.1) is 26.4 Å². The highest BCUT2D eigenvalue weighted by atomic mass is 19.1. The molecule has 44 heavy (non-hydrogen) atoms. The molecule has 12 heteroatoms. The van der Waals surface area contributed by atoms with Crippen molar-refractivity contribution < 1.29 is 23.3 Å². The van der Waals surface area contributed by atoms with E-state index in [1.165, 1.54) is 12.3 Å². The first-order valence-corrected chi connectivity index (χ1v) is 14.0. The average Bonchev–Trinajstić information content (AvgIpc) is 3.36. The molecule has 4 atom stereocenters. The number of nitrogens with zero attached hydrogens (tertiary/aromatic N) is 5. The van der Waals surface area contributed by atoms with Crippen molar-refractivity contribution in [3.05, 3.63) is 151 Å². The van der Waals surface area contributed by atoms with Gasteiger partial charge in [0.2, 0.25) is 0 Å². The fraction of sp³-hybridized carbons (Fsp3) is 0.312. The van der Waals surface area contributed by atoms with Gasteiger partial charge in [0.25, 0.3) is 5.56 Å². The van der Waals surface area contributed by atoms with Crippen molar-refractivity contribution in [2.24, 2.45) is 5.11 Å². The standard InChI is InChI=1S/C32H32FN5O6/c33-21-32(22-41-18-24-10-4-1-5-11-24)29(43-20-26-14-8-3-9-15-26)28(35-36-34)30(44-32)37-17-16-27(39)38(31(37)40)23-42-19-25-12-6-2-7-13-25/h1-17,28-30H,18-23H2/t28-,29-,30+,32+/m0/s1. The van der Waals surface area contributed by atoms with E-state index in [2.05, 4.69) is 10.0 Å². The van der Waals surface area contributed by atoms with Crippen LogP contribution in [0.5, 0.6) is 0 Å². The summed E-state index contributed by atoms with van der Waals surface area (Å²) in [7, 11) is 0. The zero-order valence-corrected chi connectivity index (χ0v) is 23.9. The van der Waals surface area contributed by atoms with Gasteiger partial charge in [-0.2, -0.15) is 0 Å². The fourth-order valence-electron chi connectivity index (χ4n) is 5.10. The highest BCUT2D eigenvalue weighted by Crippen LogP contribution is 2.42. The molecule has 11 nitrogen and oxygen atoms in total. The van der Waals surface area contributed by atoms with Crippen molar-refractivity contribution >= 4 is 0 Å². The van der Waals surface area contributed by atoms with Gasteiger partial charge in [-0.05, 0) is 22.2 Å². The van der Waals surface area contributed by atoms with Crippen LogP contribution in [0.3, 0.4) is 0 Å². The molecule has 0 unspecified atom stereocenters. The first-order chi connectivity index (χ1) is 21.5. The summed E-state index contributed by atoms with van der Waals surface area (Å²) in [6.07, 6.45) is -1.22. The second kappa shape index (κ2) is 14.7. The van der Waals surface area contributed by atoms with E-state index in [4.69, 9.17) is 18.9 Å². The monoisotopic (exact) mass is 601 g/mol. The second-order valence-corrected chi connectivity index (χ2v) is 10.3. The van der Waals surface area contributed by atoms with Gasteiger partial charge < -0.3 is 18.9 Å². The lowest BCUT2D eigenvalue weighted by molar-refractivity contribution is -0.165. The molecule has 1 aliphatic rings. The molecule has 4 aromatic rings. The summed E-state index contributed by atoms with van der Waals surface area (Å²) in [4.78, 5) is 29.3. The van der Waals surface area contributed by atoms with Gasteiger partial charge in [0.1, 0.15) is 37.4 Å². The number of rotatable bonds is 14. The molecule has 228 valence electrons. The van der Waals surface area contributed by atoms with Gasteiger partial charge in [-0.3, -0.25) is 9.36 Å². The maximum atomic E-state index is 15.1.